The van der Waals surface area contributed by atoms with Crippen molar-refractivity contribution in [2.75, 3.05) is 18.4 Å². The van der Waals surface area contributed by atoms with Gasteiger partial charge in [-0.25, -0.2) is 18.2 Å². The van der Waals surface area contributed by atoms with Crippen LogP contribution in [0.3, 0.4) is 0 Å². The maximum absolute atomic E-state index is 15.0. The first-order valence-electron chi connectivity index (χ1n) is 11.9. The number of benzene rings is 1. The molecule has 3 heterocycles. The minimum absolute atomic E-state index is 0.121. The summed E-state index contributed by atoms with van der Waals surface area (Å²) in [5, 5.41) is 3.89. The van der Waals surface area contributed by atoms with Crippen molar-refractivity contribution in [1.29, 1.82) is 0 Å². The highest BCUT2D eigenvalue weighted by atomic mass is 19.3. The lowest BCUT2D eigenvalue weighted by Crippen LogP contribution is -2.38. The summed E-state index contributed by atoms with van der Waals surface area (Å²) in [6, 6.07) is 7.78. The number of hydrogen-bond acceptors (Lipinski definition) is 5. The molecule has 3 aromatic rings. The van der Waals surface area contributed by atoms with Crippen LogP contribution in [0.1, 0.15) is 57.7 Å². The van der Waals surface area contributed by atoms with E-state index in [4.69, 9.17) is 0 Å². The molecule has 0 saturated carbocycles. The molecule has 1 aliphatic rings. The molecule has 0 radical (unpaired) electrons. The largest absolute Gasteiger partial charge is 0.348 e. The highest BCUT2D eigenvalue weighted by Crippen LogP contribution is 2.29. The van der Waals surface area contributed by atoms with Gasteiger partial charge in [0.2, 0.25) is 5.95 Å². The van der Waals surface area contributed by atoms with E-state index in [1.807, 2.05) is 38.7 Å². The molecule has 1 N–H and O–H groups in total. The average molecular weight is 488 g/mol. The van der Waals surface area contributed by atoms with E-state index >= 15 is 0 Å². The fourth-order valence-corrected chi connectivity index (χ4v) is 4.36. The van der Waals surface area contributed by atoms with Crippen LogP contribution in [0.5, 0.6) is 0 Å². The first-order chi connectivity index (χ1) is 16.4. The van der Waals surface area contributed by atoms with Crippen LogP contribution in [0.2, 0.25) is 0 Å². The summed E-state index contributed by atoms with van der Waals surface area (Å²) in [6.45, 7) is 9.50. The molecule has 0 spiro atoms. The third-order valence-corrected chi connectivity index (χ3v) is 6.23. The van der Waals surface area contributed by atoms with Crippen LogP contribution >= 0.6 is 0 Å². The molecule has 1 aromatic carbocycles. The molecule has 9 heteroatoms. The third-order valence-electron chi connectivity index (χ3n) is 6.23. The number of nitrogens with zero attached hydrogens (tertiary/aromatic N) is 4. The van der Waals surface area contributed by atoms with Crippen molar-refractivity contribution < 1.29 is 13.2 Å². The molecule has 35 heavy (non-hydrogen) atoms. The quantitative estimate of drug-likeness (QED) is 0.506. The fourth-order valence-electron chi connectivity index (χ4n) is 4.36. The van der Waals surface area contributed by atoms with Gasteiger partial charge in [0.05, 0.1) is 6.04 Å². The predicted octanol–water partition coefficient (Wildman–Crippen LogP) is 5.38. The number of hydrogen-bond donors (Lipinski definition) is 1. The Kier molecular flexibility index (Phi) is 6.90. The minimum Gasteiger partial charge on any atom is -0.348 e. The van der Waals surface area contributed by atoms with Crippen molar-refractivity contribution in [3.63, 3.8) is 0 Å². The van der Waals surface area contributed by atoms with Gasteiger partial charge in [-0.15, -0.1) is 0 Å². The second-order valence-corrected chi connectivity index (χ2v) is 10.6. The van der Waals surface area contributed by atoms with E-state index in [0.29, 0.717) is 43.3 Å². The molecule has 0 aliphatic carbocycles. The number of aromatic nitrogens is 3. The average Bonchev–Trinajstić information content (AvgIpc) is 2.76. The van der Waals surface area contributed by atoms with Crippen molar-refractivity contribution in [2.45, 2.75) is 65.6 Å². The Morgan fingerprint density at radius 2 is 1.86 bits per heavy atom. The molecule has 0 bridgehead atoms. The summed E-state index contributed by atoms with van der Waals surface area (Å²) in [4.78, 5) is 23.4. The number of halogens is 3. The van der Waals surface area contributed by atoms with Gasteiger partial charge in [-0.2, -0.15) is 4.98 Å². The Hall–Kier alpha value is -2.94. The number of piperidine rings is 1. The van der Waals surface area contributed by atoms with Gasteiger partial charge in [0, 0.05) is 62.2 Å². The lowest BCUT2D eigenvalue weighted by molar-refractivity contribution is -0.0566. The molecule has 0 amide bonds. The molecular formula is C26H32F3N5O. The maximum Gasteiger partial charge on any atom is 0.252 e. The number of pyridine rings is 1. The number of fused-ring (bicyclic) bond motifs is 1. The normalized spacial score (nSPS) is 17.5. The summed E-state index contributed by atoms with van der Waals surface area (Å²) < 4.78 is 43.4. The zero-order valence-corrected chi connectivity index (χ0v) is 20.6. The van der Waals surface area contributed by atoms with Crippen molar-refractivity contribution in [3.05, 3.63) is 63.8 Å². The SMILES string of the molecule is C[C@H](Nc1ncc2ccc(=O)n(CC(C)(C)C)c2n1)c1ccc(CN2CCC(F)(F)CC2)cc1F. The number of likely N-dealkylation sites (tertiary alicyclic amines) is 1. The molecule has 0 unspecified atom stereocenters. The van der Waals surface area contributed by atoms with Crippen LogP contribution in [0.25, 0.3) is 11.0 Å². The molecular weight excluding hydrogens is 455 g/mol. The fraction of sp³-hybridized carbons (Fsp3) is 0.500. The van der Waals surface area contributed by atoms with E-state index in [-0.39, 0.29) is 29.6 Å². The monoisotopic (exact) mass is 487 g/mol. The topological polar surface area (TPSA) is 63.1 Å². The number of nitrogens with one attached hydrogen (secondary N) is 1. The molecule has 4 rings (SSSR count). The van der Waals surface area contributed by atoms with Crippen molar-refractivity contribution >= 4 is 17.0 Å². The number of rotatable bonds is 6. The summed E-state index contributed by atoms with van der Waals surface area (Å²) >= 11 is 0. The Morgan fingerprint density at radius 1 is 1.14 bits per heavy atom. The highest BCUT2D eigenvalue weighted by molar-refractivity contribution is 5.75. The molecule has 1 fully saturated rings. The van der Waals surface area contributed by atoms with Gasteiger partial charge in [0.25, 0.3) is 11.5 Å². The smallest absolute Gasteiger partial charge is 0.252 e. The summed E-state index contributed by atoms with van der Waals surface area (Å²) in [5.41, 5.74) is 1.47. The highest BCUT2D eigenvalue weighted by Gasteiger charge is 2.33. The van der Waals surface area contributed by atoms with E-state index in [9.17, 15) is 18.0 Å². The molecule has 1 atom stereocenters. The Bertz CT molecular complexity index is 1260. The molecule has 1 saturated heterocycles. The zero-order valence-electron chi connectivity index (χ0n) is 20.6. The van der Waals surface area contributed by atoms with E-state index in [2.05, 4.69) is 15.3 Å². The van der Waals surface area contributed by atoms with Crippen molar-refractivity contribution in [2.24, 2.45) is 5.41 Å². The van der Waals surface area contributed by atoms with Crippen molar-refractivity contribution in [1.82, 2.24) is 19.4 Å². The van der Waals surface area contributed by atoms with Gasteiger partial charge >= 0.3 is 0 Å². The number of alkyl halides is 2. The standard InChI is InChI=1S/C26H32F3N5O/c1-17(20-7-5-18(13-21(20)27)15-33-11-9-26(28,29)10-12-33)31-24-30-14-19-6-8-22(35)34(23(19)32-24)16-25(2,3)4/h5-8,13-14,17H,9-12,15-16H2,1-4H3,(H,30,31,32)/t17-/m0/s1. The Morgan fingerprint density at radius 3 is 2.51 bits per heavy atom. The second-order valence-electron chi connectivity index (χ2n) is 10.6. The maximum atomic E-state index is 15.0. The van der Waals surface area contributed by atoms with E-state index < -0.39 is 12.0 Å². The zero-order chi connectivity index (χ0) is 25.4. The molecule has 6 nitrogen and oxygen atoms in total. The van der Waals surface area contributed by atoms with E-state index in [1.165, 1.54) is 12.1 Å². The molecule has 1 aliphatic heterocycles. The van der Waals surface area contributed by atoms with Crippen LogP contribution in [-0.2, 0) is 13.1 Å². The van der Waals surface area contributed by atoms with Gasteiger partial charge in [-0.05, 0) is 30.0 Å². The summed E-state index contributed by atoms with van der Waals surface area (Å²) in [5.74, 6) is -2.68. The van der Waals surface area contributed by atoms with Crippen LogP contribution in [0.4, 0.5) is 19.1 Å². The predicted molar refractivity (Wildman–Crippen MR) is 131 cm³/mol. The summed E-state index contributed by atoms with van der Waals surface area (Å²) in [6.07, 6.45) is 1.32. The first kappa shape index (κ1) is 25.2. The van der Waals surface area contributed by atoms with Gasteiger partial charge in [-0.1, -0.05) is 32.9 Å². The lowest BCUT2D eigenvalue weighted by atomic mass is 9.97. The minimum atomic E-state index is -2.60. The van der Waals surface area contributed by atoms with Crippen LogP contribution in [0, 0.1) is 11.2 Å². The van der Waals surface area contributed by atoms with Crippen LogP contribution in [0.15, 0.2) is 41.3 Å². The van der Waals surface area contributed by atoms with Gasteiger partial charge in [-0.3, -0.25) is 14.3 Å². The first-order valence-corrected chi connectivity index (χ1v) is 11.9. The molecule has 2 aromatic heterocycles. The Balaban J connectivity index is 1.50. The van der Waals surface area contributed by atoms with Gasteiger partial charge in [0.1, 0.15) is 11.5 Å². The van der Waals surface area contributed by atoms with Gasteiger partial charge < -0.3 is 5.32 Å². The second kappa shape index (κ2) is 9.60. The van der Waals surface area contributed by atoms with Gasteiger partial charge in [0.15, 0.2) is 0 Å². The van der Waals surface area contributed by atoms with E-state index in [0.717, 1.165) is 10.9 Å². The lowest BCUT2D eigenvalue weighted by Gasteiger charge is -2.31. The molecule has 188 valence electrons. The number of anilines is 1. The van der Waals surface area contributed by atoms with Crippen LogP contribution in [-0.4, -0.2) is 38.4 Å². The van der Waals surface area contributed by atoms with E-state index in [1.54, 1.807) is 22.9 Å². The Labute approximate surface area is 203 Å². The van der Waals surface area contributed by atoms with Crippen LogP contribution < -0.4 is 10.9 Å². The van der Waals surface area contributed by atoms with Crippen molar-refractivity contribution in [3.8, 4) is 0 Å². The summed E-state index contributed by atoms with van der Waals surface area (Å²) in [7, 11) is 0. The third kappa shape index (κ3) is 6.20.